The molecule has 1 aromatic heterocycles. The molecule has 0 unspecified atom stereocenters. The fourth-order valence-electron chi connectivity index (χ4n) is 2.95. The Balaban J connectivity index is 1.92. The average Bonchev–Trinajstić information content (AvgIpc) is 2.96. The van der Waals surface area contributed by atoms with Gasteiger partial charge in [-0.3, -0.25) is 14.4 Å². The van der Waals surface area contributed by atoms with Gasteiger partial charge in [-0.15, -0.1) is 0 Å². The smallest absolute Gasteiger partial charge is 0.308 e. The quantitative estimate of drug-likeness (QED) is 0.780. The molecule has 1 aliphatic carbocycles. The zero-order valence-corrected chi connectivity index (χ0v) is 11.7. The van der Waals surface area contributed by atoms with E-state index in [-0.39, 0.29) is 11.3 Å². The molecule has 1 amide bonds. The number of carbonyl (C=O) groups excluding carboxylic acids is 1. The molecule has 1 fully saturated rings. The number of aromatic amines is 1. The van der Waals surface area contributed by atoms with Crippen LogP contribution in [0.5, 0.6) is 0 Å². The Labute approximate surface area is 125 Å². The van der Waals surface area contributed by atoms with Gasteiger partial charge in [0.1, 0.15) is 0 Å². The van der Waals surface area contributed by atoms with Gasteiger partial charge in [0.2, 0.25) is 0 Å². The first-order valence-corrected chi connectivity index (χ1v) is 7.09. The molecule has 0 aliphatic heterocycles. The Morgan fingerprint density at radius 2 is 1.95 bits per heavy atom. The summed E-state index contributed by atoms with van der Waals surface area (Å²) in [7, 11) is 0. The monoisotopic (exact) mass is 301 g/mol. The molecule has 1 heterocycles. The van der Waals surface area contributed by atoms with Crippen LogP contribution in [0.1, 0.15) is 29.8 Å². The van der Waals surface area contributed by atoms with Gasteiger partial charge in [-0.25, -0.2) is 5.10 Å². The van der Waals surface area contributed by atoms with Crippen LogP contribution in [0, 0.1) is 5.92 Å². The summed E-state index contributed by atoms with van der Waals surface area (Å²) in [4.78, 5) is 35.3. The number of aliphatic carboxylic acids is 1. The number of hydrogen-bond donors (Lipinski definition) is 3. The number of hydrogen-bond acceptors (Lipinski definition) is 4. The highest BCUT2D eigenvalue weighted by molar-refractivity contribution is 6.04. The van der Waals surface area contributed by atoms with E-state index in [9.17, 15) is 14.4 Å². The van der Waals surface area contributed by atoms with Crippen molar-refractivity contribution >= 4 is 22.6 Å². The average molecular weight is 301 g/mol. The summed E-state index contributed by atoms with van der Waals surface area (Å²) in [6.07, 6.45) is 1.95. The second kappa shape index (κ2) is 5.59. The summed E-state index contributed by atoms with van der Waals surface area (Å²) >= 11 is 0. The minimum Gasteiger partial charge on any atom is -0.481 e. The van der Waals surface area contributed by atoms with Crippen molar-refractivity contribution in [3.63, 3.8) is 0 Å². The minimum atomic E-state index is -0.901. The van der Waals surface area contributed by atoms with Crippen molar-refractivity contribution in [3.8, 4) is 0 Å². The number of benzene rings is 1. The summed E-state index contributed by atoms with van der Waals surface area (Å²) in [5.74, 6) is -1.94. The van der Waals surface area contributed by atoms with Gasteiger partial charge < -0.3 is 10.4 Å². The van der Waals surface area contributed by atoms with E-state index in [1.54, 1.807) is 24.3 Å². The standard InChI is InChI=1S/C15H15N3O4/c19-13-9-5-2-1-4-8(9)12(17-18-13)14(20)16-11-7-3-6-10(11)15(21)22/h1-2,4-5,10-11H,3,6-7H2,(H,16,20)(H,18,19)(H,21,22)/t10-,11+/m1/s1. The summed E-state index contributed by atoms with van der Waals surface area (Å²) in [5, 5.41) is 18.8. The van der Waals surface area contributed by atoms with Crippen LogP contribution in [0.15, 0.2) is 29.1 Å². The van der Waals surface area contributed by atoms with Crippen LogP contribution in [0.4, 0.5) is 0 Å². The van der Waals surface area contributed by atoms with E-state index in [1.807, 2.05) is 0 Å². The van der Waals surface area contributed by atoms with Crippen LogP contribution in [-0.4, -0.2) is 33.2 Å². The first-order chi connectivity index (χ1) is 10.6. The molecule has 7 nitrogen and oxygen atoms in total. The van der Waals surface area contributed by atoms with Crippen LogP contribution in [0.3, 0.4) is 0 Å². The molecule has 3 N–H and O–H groups in total. The third-order valence-electron chi connectivity index (χ3n) is 4.06. The minimum absolute atomic E-state index is 0.103. The molecule has 2 atom stereocenters. The Morgan fingerprint density at radius 1 is 1.23 bits per heavy atom. The predicted molar refractivity (Wildman–Crippen MR) is 78.6 cm³/mol. The maximum Gasteiger partial charge on any atom is 0.308 e. The van der Waals surface area contributed by atoms with Crippen molar-refractivity contribution in [1.29, 1.82) is 0 Å². The molecule has 22 heavy (non-hydrogen) atoms. The van der Waals surface area contributed by atoms with Crippen LogP contribution in [0.2, 0.25) is 0 Å². The second-order valence-corrected chi connectivity index (χ2v) is 5.40. The highest BCUT2D eigenvalue weighted by Crippen LogP contribution is 2.26. The van der Waals surface area contributed by atoms with Gasteiger partial charge in [0.15, 0.2) is 5.69 Å². The van der Waals surface area contributed by atoms with Crippen LogP contribution >= 0.6 is 0 Å². The molecule has 7 heteroatoms. The fraction of sp³-hybridized carbons (Fsp3) is 0.333. The molecule has 0 spiro atoms. The number of carboxylic acid groups (broad SMARTS) is 1. The van der Waals surface area contributed by atoms with E-state index in [0.29, 0.717) is 23.6 Å². The molecule has 2 aromatic rings. The van der Waals surface area contributed by atoms with Crippen molar-refractivity contribution < 1.29 is 14.7 Å². The Kier molecular flexibility index (Phi) is 3.62. The van der Waals surface area contributed by atoms with Crippen molar-refractivity contribution in [3.05, 3.63) is 40.3 Å². The lowest BCUT2D eigenvalue weighted by atomic mass is 10.0. The number of H-pyrrole nitrogens is 1. The normalized spacial score (nSPS) is 20.9. The van der Waals surface area contributed by atoms with Gasteiger partial charge in [-0.2, -0.15) is 5.10 Å². The van der Waals surface area contributed by atoms with Gasteiger partial charge in [-0.1, -0.05) is 24.6 Å². The summed E-state index contributed by atoms with van der Waals surface area (Å²) < 4.78 is 0. The van der Waals surface area contributed by atoms with Gasteiger partial charge in [0.25, 0.3) is 11.5 Å². The molecule has 0 radical (unpaired) electrons. The van der Waals surface area contributed by atoms with Crippen molar-refractivity contribution in [2.45, 2.75) is 25.3 Å². The van der Waals surface area contributed by atoms with Gasteiger partial charge in [0, 0.05) is 11.4 Å². The number of aromatic nitrogens is 2. The fourth-order valence-corrected chi connectivity index (χ4v) is 2.95. The Morgan fingerprint density at radius 3 is 2.68 bits per heavy atom. The third-order valence-corrected chi connectivity index (χ3v) is 4.06. The topological polar surface area (TPSA) is 112 Å². The lowest BCUT2D eigenvalue weighted by molar-refractivity contribution is -0.142. The first kappa shape index (κ1) is 14.2. The molecule has 1 aromatic carbocycles. The maximum atomic E-state index is 12.4. The van der Waals surface area contributed by atoms with Crippen molar-refractivity contribution in [2.24, 2.45) is 5.92 Å². The molecule has 1 saturated carbocycles. The zero-order valence-electron chi connectivity index (χ0n) is 11.7. The van der Waals surface area contributed by atoms with E-state index in [1.165, 1.54) is 0 Å². The summed E-state index contributed by atoms with van der Waals surface area (Å²) in [5.41, 5.74) is -0.261. The van der Waals surface area contributed by atoms with E-state index < -0.39 is 23.8 Å². The highest BCUT2D eigenvalue weighted by atomic mass is 16.4. The Hall–Kier alpha value is -2.70. The van der Waals surface area contributed by atoms with Gasteiger partial charge in [-0.05, 0) is 18.9 Å². The predicted octanol–water partition coefficient (Wildman–Crippen LogP) is 0.906. The van der Waals surface area contributed by atoms with Crippen molar-refractivity contribution in [1.82, 2.24) is 15.5 Å². The molecular formula is C15H15N3O4. The van der Waals surface area contributed by atoms with Crippen molar-refractivity contribution in [2.75, 3.05) is 0 Å². The first-order valence-electron chi connectivity index (χ1n) is 7.09. The number of nitrogens with one attached hydrogen (secondary N) is 2. The maximum absolute atomic E-state index is 12.4. The van der Waals surface area contributed by atoms with E-state index >= 15 is 0 Å². The SMILES string of the molecule is O=C(N[C@H]1CCC[C@H]1C(=O)O)c1n[nH]c(=O)c2ccccc12. The molecular weight excluding hydrogens is 286 g/mol. The van der Waals surface area contributed by atoms with Crippen LogP contribution in [-0.2, 0) is 4.79 Å². The van der Waals surface area contributed by atoms with Gasteiger partial charge >= 0.3 is 5.97 Å². The van der Waals surface area contributed by atoms with Crippen LogP contribution < -0.4 is 10.9 Å². The summed E-state index contributed by atoms with van der Waals surface area (Å²) in [6, 6.07) is 6.28. The van der Waals surface area contributed by atoms with E-state index in [4.69, 9.17) is 5.11 Å². The second-order valence-electron chi connectivity index (χ2n) is 5.40. The molecule has 0 bridgehead atoms. The van der Waals surface area contributed by atoms with E-state index in [2.05, 4.69) is 15.5 Å². The zero-order chi connectivity index (χ0) is 15.7. The number of fused-ring (bicyclic) bond motifs is 1. The van der Waals surface area contributed by atoms with Crippen LogP contribution in [0.25, 0.3) is 10.8 Å². The number of rotatable bonds is 3. The molecule has 114 valence electrons. The van der Waals surface area contributed by atoms with E-state index in [0.717, 1.165) is 6.42 Å². The number of carbonyl (C=O) groups is 2. The molecule has 1 aliphatic rings. The number of nitrogens with zero attached hydrogens (tertiary/aromatic N) is 1. The number of amides is 1. The Bertz CT molecular complexity index is 799. The van der Waals surface area contributed by atoms with Gasteiger partial charge in [0.05, 0.1) is 11.3 Å². The third kappa shape index (κ3) is 2.45. The lowest BCUT2D eigenvalue weighted by Crippen LogP contribution is -2.40. The lowest BCUT2D eigenvalue weighted by Gasteiger charge is -2.17. The summed E-state index contributed by atoms with van der Waals surface area (Å²) in [6.45, 7) is 0. The molecule has 0 saturated heterocycles. The largest absolute Gasteiger partial charge is 0.481 e. The molecule has 3 rings (SSSR count). The highest BCUT2D eigenvalue weighted by Gasteiger charge is 2.34. The number of carboxylic acids is 1.